The molecule has 1 aliphatic rings. The number of thioether (sulfide) groups is 1. The fourth-order valence-electron chi connectivity index (χ4n) is 4.33. The number of likely N-dealkylation sites (N-methyl/N-ethyl adjacent to an activating group) is 1. The van der Waals surface area contributed by atoms with E-state index in [0.29, 0.717) is 46.0 Å². The standard InChI is InChI=1S/C32H27IN2O5S/c1-4-39-31(37)22-12-14-24(15-13-22)34-32-35(2)30(36)28(41-32)18-20-16-26(33)29(27(17-20)38-3)40-19-23-10-7-9-21-8-5-6-11-25(21)23/h5-18H,4,19H2,1-3H3/b28-18-,34-32?. The second-order valence-electron chi connectivity index (χ2n) is 9.10. The van der Waals surface area contributed by atoms with Crippen LogP contribution in [0.1, 0.15) is 28.4 Å². The molecule has 0 aliphatic carbocycles. The van der Waals surface area contributed by atoms with Crippen LogP contribution in [-0.4, -0.2) is 42.7 Å². The van der Waals surface area contributed by atoms with Gasteiger partial charge in [0.2, 0.25) is 0 Å². The predicted molar refractivity (Wildman–Crippen MR) is 172 cm³/mol. The van der Waals surface area contributed by atoms with Crippen LogP contribution in [0.25, 0.3) is 16.8 Å². The highest BCUT2D eigenvalue weighted by atomic mass is 127. The summed E-state index contributed by atoms with van der Waals surface area (Å²) in [7, 11) is 3.30. The molecule has 0 saturated carbocycles. The average molecular weight is 679 g/mol. The summed E-state index contributed by atoms with van der Waals surface area (Å²) in [6.45, 7) is 2.47. The topological polar surface area (TPSA) is 77.4 Å². The molecule has 1 saturated heterocycles. The number of ether oxygens (including phenoxy) is 3. The number of fused-ring (bicyclic) bond motifs is 1. The van der Waals surface area contributed by atoms with Gasteiger partial charge in [0.25, 0.3) is 5.91 Å². The summed E-state index contributed by atoms with van der Waals surface area (Å²) in [5.41, 5.74) is 2.98. The Labute approximate surface area is 256 Å². The van der Waals surface area contributed by atoms with Crippen molar-refractivity contribution in [3.63, 3.8) is 0 Å². The highest BCUT2D eigenvalue weighted by molar-refractivity contribution is 14.1. The first-order valence-corrected chi connectivity index (χ1v) is 14.8. The Morgan fingerprint density at radius 3 is 2.56 bits per heavy atom. The molecule has 41 heavy (non-hydrogen) atoms. The van der Waals surface area contributed by atoms with Crippen molar-refractivity contribution in [1.82, 2.24) is 4.90 Å². The summed E-state index contributed by atoms with van der Waals surface area (Å²) >= 11 is 3.52. The molecule has 4 aromatic rings. The Kier molecular flexibility index (Phi) is 8.94. The number of hydrogen-bond donors (Lipinski definition) is 0. The van der Waals surface area contributed by atoms with Crippen molar-refractivity contribution >= 4 is 73.9 Å². The lowest BCUT2D eigenvalue weighted by Crippen LogP contribution is -2.23. The van der Waals surface area contributed by atoms with E-state index < -0.39 is 0 Å². The minimum absolute atomic E-state index is 0.151. The summed E-state index contributed by atoms with van der Waals surface area (Å²) < 4.78 is 17.8. The van der Waals surface area contributed by atoms with E-state index in [0.717, 1.165) is 25.5 Å². The summed E-state index contributed by atoms with van der Waals surface area (Å²) in [4.78, 5) is 31.6. The number of methoxy groups -OCH3 is 1. The van der Waals surface area contributed by atoms with Gasteiger partial charge in [0.05, 0.1) is 33.4 Å². The van der Waals surface area contributed by atoms with Crippen molar-refractivity contribution in [1.29, 1.82) is 0 Å². The number of rotatable bonds is 8. The van der Waals surface area contributed by atoms with Crippen LogP contribution in [0.2, 0.25) is 0 Å². The molecule has 5 rings (SSSR count). The van der Waals surface area contributed by atoms with Gasteiger partial charge in [0, 0.05) is 7.05 Å². The molecule has 0 N–H and O–H groups in total. The van der Waals surface area contributed by atoms with Crippen molar-refractivity contribution in [2.45, 2.75) is 13.5 Å². The number of carbonyl (C=O) groups excluding carboxylic acids is 2. The van der Waals surface area contributed by atoms with Crippen LogP contribution in [0.15, 0.2) is 88.8 Å². The van der Waals surface area contributed by atoms with Crippen molar-refractivity contribution in [2.75, 3.05) is 20.8 Å². The maximum atomic E-state index is 13.0. The molecule has 9 heteroatoms. The lowest BCUT2D eigenvalue weighted by molar-refractivity contribution is -0.121. The van der Waals surface area contributed by atoms with Gasteiger partial charge in [0.1, 0.15) is 6.61 Å². The van der Waals surface area contributed by atoms with E-state index in [1.54, 1.807) is 45.3 Å². The summed E-state index contributed by atoms with van der Waals surface area (Å²) in [6.07, 6.45) is 1.83. The Balaban J connectivity index is 1.35. The van der Waals surface area contributed by atoms with E-state index in [4.69, 9.17) is 14.2 Å². The molecule has 1 fully saturated rings. The van der Waals surface area contributed by atoms with E-state index in [1.165, 1.54) is 16.7 Å². The third-order valence-electron chi connectivity index (χ3n) is 6.41. The van der Waals surface area contributed by atoms with Gasteiger partial charge in [-0.15, -0.1) is 0 Å². The molecule has 0 spiro atoms. The largest absolute Gasteiger partial charge is 0.493 e. The minimum atomic E-state index is -0.380. The van der Waals surface area contributed by atoms with Gasteiger partial charge >= 0.3 is 5.97 Å². The first-order chi connectivity index (χ1) is 19.9. The van der Waals surface area contributed by atoms with E-state index in [9.17, 15) is 9.59 Å². The Hall–Kier alpha value is -3.83. The molecule has 1 heterocycles. The van der Waals surface area contributed by atoms with Gasteiger partial charge < -0.3 is 14.2 Å². The number of nitrogens with zero attached hydrogens (tertiary/aromatic N) is 2. The van der Waals surface area contributed by atoms with Crippen molar-refractivity contribution < 1.29 is 23.8 Å². The second-order valence-corrected chi connectivity index (χ2v) is 11.3. The molecule has 4 aromatic carbocycles. The molecule has 0 radical (unpaired) electrons. The molecule has 208 valence electrons. The smallest absolute Gasteiger partial charge is 0.338 e. The van der Waals surface area contributed by atoms with Gasteiger partial charge in [-0.2, -0.15) is 0 Å². The molecule has 1 aliphatic heterocycles. The van der Waals surface area contributed by atoms with Gasteiger partial charge in [-0.25, -0.2) is 9.79 Å². The molecular weight excluding hydrogens is 651 g/mol. The first-order valence-electron chi connectivity index (χ1n) is 12.9. The number of esters is 1. The maximum absolute atomic E-state index is 13.0. The molecular formula is C32H27IN2O5S. The van der Waals surface area contributed by atoms with Crippen molar-refractivity contribution in [2.24, 2.45) is 4.99 Å². The summed E-state index contributed by atoms with van der Waals surface area (Å²) in [5.74, 6) is 0.708. The zero-order valence-corrected chi connectivity index (χ0v) is 25.7. The lowest BCUT2D eigenvalue weighted by atomic mass is 10.1. The Morgan fingerprint density at radius 2 is 1.80 bits per heavy atom. The van der Waals surface area contributed by atoms with Crippen LogP contribution < -0.4 is 9.47 Å². The highest BCUT2D eigenvalue weighted by Crippen LogP contribution is 2.38. The second kappa shape index (κ2) is 12.8. The number of benzene rings is 4. The fourth-order valence-corrected chi connectivity index (χ4v) is 6.10. The van der Waals surface area contributed by atoms with Gasteiger partial charge in [-0.05, 0) is 106 Å². The summed E-state index contributed by atoms with van der Waals surface area (Å²) in [6, 6.07) is 25.0. The predicted octanol–water partition coefficient (Wildman–Crippen LogP) is 7.44. The van der Waals surface area contributed by atoms with Crippen LogP contribution in [0.3, 0.4) is 0 Å². The molecule has 7 nitrogen and oxygen atoms in total. The number of aliphatic imine (C=N–C) groups is 1. The average Bonchev–Trinajstić information content (AvgIpc) is 3.24. The van der Waals surface area contributed by atoms with Crippen LogP contribution in [0, 0.1) is 3.57 Å². The number of carbonyl (C=O) groups is 2. The fraction of sp³-hybridized carbons (Fsp3) is 0.156. The number of hydrogen-bond acceptors (Lipinski definition) is 7. The van der Waals surface area contributed by atoms with E-state index in [1.807, 2.05) is 36.4 Å². The summed E-state index contributed by atoms with van der Waals surface area (Å²) in [5, 5.41) is 2.86. The maximum Gasteiger partial charge on any atom is 0.338 e. The third kappa shape index (κ3) is 6.41. The van der Waals surface area contributed by atoms with E-state index in [-0.39, 0.29) is 11.9 Å². The van der Waals surface area contributed by atoms with Crippen molar-refractivity contribution in [3.8, 4) is 11.5 Å². The molecule has 1 amide bonds. The minimum Gasteiger partial charge on any atom is -0.493 e. The van der Waals surface area contributed by atoms with Gasteiger partial charge in [-0.1, -0.05) is 42.5 Å². The van der Waals surface area contributed by atoms with Crippen LogP contribution in [0.4, 0.5) is 5.69 Å². The van der Waals surface area contributed by atoms with E-state index in [2.05, 4.69) is 51.8 Å². The molecule has 0 bridgehead atoms. The first kappa shape index (κ1) is 28.7. The number of halogens is 1. The molecule has 0 aromatic heterocycles. The molecule has 0 unspecified atom stereocenters. The van der Waals surface area contributed by atoms with Gasteiger partial charge in [0.15, 0.2) is 16.7 Å². The quantitative estimate of drug-likeness (QED) is 0.110. The molecule has 0 atom stereocenters. The normalized spacial score (nSPS) is 15.1. The Morgan fingerprint density at radius 1 is 1.05 bits per heavy atom. The number of amides is 1. The van der Waals surface area contributed by atoms with Crippen molar-refractivity contribution in [3.05, 3.63) is 104 Å². The van der Waals surface area contributed by atoms with Crippen LogP contribution in [-0.2, 0) is 16.1 Å². The van der Waals surface area contributed by atoms with E-state index >= 15 is 0 Å². The number of amidine groups is 1. The van der Waals surface area contributed by atoms with Gasteiger partial charge in [-0.3, -0.25) is 9.69 Å². The zero-order chi connectivity index (χ0) is 28.9. The Bertz CT molecular complexity index is 1680. The third-order valence-corrected chi connectivity index (χ3v) is 8.27. The monoisotopic (exact) mass is 678 g/mol. The lowest BCUT2D eigenvalue weighted by Gasteiger charge is -2.15. The zero-order valence-electron chi connectivity index (χ0n) is 22.7. The highest BCUT2D eigenvalue weighted by Gasteiger charge is 2.30. The SMILES string of the molecule is CCOC(=O)c1ccc(N=C2S/C(=C\c3cc(I)c(OCc4cccc5ccccc45)c(OC)c3)C(=O)N2C)cc1. The van der Waals surface area contributed by atoms with Crippen LogP contribution >= 0.6 is 34.4 Å². The van der Waals surface area contributed by atoms with Crippen LogP contribution in [0.5, 0.6) is 11.5 Å².